The molecule has 3 aromatic rings. The largest absolute Gasteiger partial charge is 0.378 e. The van der Waals surface area contributed by atoms with Gasteiger partial charge in [0.05, 0.1) is 11.7 Å². The second-order valence-corrected chi connectivity index (χ2v) is 9.31. The SMILES string of the molecule is CC(C)CCn1nnnc1[C@@H](c1ccc(N(C)C)cc1)N1CCN(c2ccccc2F)CC1. The van der Waals surface area contributed by atoms with Crippen LogP contribution in [0.2, 0.25) is 0 Å². The van der Waals surface area contributed by atoms with Crippen LogP contribution in [0.15, 0.2) is 48.5 Å². The molecular formula is C25H34FN7. The summed E-state index contributed by atoms with van der Waals surface area (Å²) in [5, 5.41) is 12.8. The van der Waals surface area contributed by atoms with E-state index in [1.165, 1.54) is 11.6 Å². The van der Waals surface area contributed by atoms with E-state index >= 15 is 0 Å². The minimum atomic E-state index is -0.167. The van der Waals surface area contributed by atoms with Crippen LogP contribution in [0.25, 0.3) is 0 Å². The molecule has 0 saturated carbocycles. The second-order valence-electron chi connectivity index (χ2n) is 9.31. The maximum Gasteiger partial charge on any atom is 0.173 e. The van der Waals surface area contributed by atoms with E-state index in [1.54, 1.807) is 6.07 Å². The van der Waals surface area contributed by atoms with Crippen molar-refractivity contribution in [2.75, 3.05) is 50.1 Å². The van der Waals surface area contributed by atoms with Crippen LogP contribution in [0, 0.1) is 11.7 Å². The molecule has 2 aromatic carbocycles. The first-order chi connectivity index (χ1) is 15.9. The summed E-state index contributed by atoms with van der Waals surface area (Å²) < 4.78 is 16.3. The van der Waals surface area contributed by atoms with Gasteiger partial charge >= 0.3 is 0 Å². The molecule has 8 heteroatoms. The number of piperazine rings is 1. The maximum atomic E-state index is 14.3. The predicted molar refractivity (Wildman–Crippen MR) is 130 cm³/mol. The number of tetrazole rings is 1. The smallest absolute Gasteiger partial charge is 0.173 e. The van der Waals surface area contributed by atoms with Crippen molar-refractivity contribution in [2.24, 2.45) is 5.92 Å². The molecule has 1 saturated heterocycles. The second kappa shape index (κ2) is 10.3. The van der Waals surface area contributed by atoms with Gasteiger partial charge in [0.1, 0.15) is 5.82 Å². The number of aryl methyl sites for hydroxylation is 1. The maximum absolute atomic E-state index is 14.3. The van der Waals surface area contributed by atoms with Crippen molar-refractivity contribution >= 4 is 11.4 Å². The normalized spacial score (nSPS) is 15.8. The predicted octanol–water partition coefficient (Wildman–Crippen LogP) is 3.84. The van der Waals surface area contributed by atoms with Crippen LogP contribution < -0.4 is 9.80 Å². The summed E-state index contributed by atoms with van der Waals surface area (Å²) in [6.45, 7) is 8.31. The average Bonchev–Trinajstić information content (AvgIpc) is 3.27. The number of hydrogen-bond acceptors (Lipinski definition) is 6. The first-order valence-electron chi connectivity index (χ1n) is 11.7. The molecule has 0 bridgehead atoms. The Hall–Kier alpha value is -3.00. The fourth-order valence-corrected chi connectivity index (χ4v) is 4.35. The molecule has 176 valence electrons. The van der Waals surface area contributed by atoms with Gasteiger partial charge in [-0.25, -0.2) is 9.07 Å². The van der Waals surface area contributed by atoms with Gasteiger partial charge in [-0.05, 0) is 52.6 Å². The first-order valence-corrected chi connectivity index (χ1v) is 11.7. The molecule has 1 aromatic heterocycles. The quantitative estimate of drug-likeness (QED) is 0.519. The lowest BCUT2D eigenvalue weighted by molar-refractivity contribution is 0.199. The van der Waals surface area contributed by atoms with Crippen LogP contribution >= 0.6 is 0 Å². The van der Waals surface area contributed by atoms with E-state index in [4.69, 9.17) is 0 Å². The van der Waals surface area contributed by atoms with Crippen molar-refractivity contribution in [3.63, 3.8) is 0 Å². The summed E-state index contributed by atoms with van der Waals surface area (Å²) in [6, 6.07) is 15.6. The zero-order valence-corrected chi connectivity index (χ0v) is 20.0. The van der Waals surface area contributed by atoms with Crippen molar-refractivity contribution in [3.8, 4) is 0 Å². The van der Waals surface area contributed by atoms with E-state index in [0.29, 0.717) is 11.6 Å². The van der Waals surface area contributed by atoms with Gasteiger partial charge in [0.2, 0.25) is 0 Å². The summed E-state index contributed by atoms with van der Waals surface area (Å²) in [5.74, 6) is 1.27. The number of rotatable bonds is 8. The van der Waals surface area contributed by atoms with E-state index < -0.39 is 0 Å². The molecule has 0 unspecified atom stereocenters. The molecule has 0 spiro atoms. The van der Waals surface area contributed by atoms with Gasteiger partial charge < -0.3 is 9.80 Å². The highest BCUT2D eigenvalue weighted by Gasteiger charge is 2.31. The Kier molecular flexibility index (Phi) is 7.23. The summed E-state index contributed by atoms with van der Waals surface area (Å²) in [7, 11) is 4.09. The number of para-hydroxylation sites is 1. The molecule has 1 atom stereocenters. The molecule has 1 aliphatic rings. The van der Waals surface area contributed by atoms with Gasteiger partial charge in [-0.15, -0.1) is 5.10 Å². The summed E-state index contributed by atoms with van der Waals surface area (Å²) >= 11 is 0. The van der Waals surface area contributed by atoms with Crippen molar-refractivity contribution in [1.29, 1.82) is 0 Å². The number of aromatic nitrogens is 4. The lowest BCUT2D eigenvalue weighted by Crippen LogP contribution is -2.48. The molecule has 33 heavy (non-hydrogen) atoms. The van der Waals surface area contributed by atoms with E-state index in [2.05, 4.69) is 68.3 Å². The minimum absolute atomic E-state index is 0.0499. The van der Waals surface area contributed by atoms with Crippen molar-refractivity contribution < 1.29 is 4.39 Å². The standard InChI is InChI=1S/C25H34FN7/c1-19(2)13-14-33-25(27-28-29-33)24(20-9-11-21(12-10-20)30(3)4)32-17-15-31(16-18-32)23-8-6-5-7-22(23)26/h5-12,19,24H,13-18H2,1-4H3/t24-/m1/s1. The highest BCUT2D eigenvalue weighted by Crippen LogP contribution is 2.31. The van der Waals surface area contributed by atoms with Crippen LogP contribution in [0.5, 0.6) is 0 Å². The zero-order chi connectivity index (χ0) is 23.4. The molecule has 7 nitrogen and oxygen atoms in total. The fourth-order valence-electron chi connectivity index (χ4n) is 4.35. The lowest BCUT2D eigenvalue weighted by Gasteiger charge is -2.40. The Morgan fingerprint density at radius 3 is 2.30 bits per heavy atom. The lowest BCUT2D eigenvalue weighted by atomic mass is 10.0. The summed E-state index contributed by atoms with van der Waals surface area (Å²) in [4.78, 5) is 6.64. The third-order valence-corrected chi connectivity index (χ3v) is 6.32. The Morgan fingerprint density at radius 2 is 1.67 bits per heavy atom. The van der Waals surface area contributed by atoms with Gasteiger partial charge in [-0.2, -0.15) is 0 Å². The molecular weight excluding hydrogens is 417 g/mol. The number of halogens is 1. The monoisotopic (exact) mass is 451 g/mol. The molecule has 1 fully saturated rings. The third kappa shape index (κ3) is 5.33. The molecule has 0 N–H and O–H groups in total. The van der Waals surface area contributed by atoms with Crippen LogP contribution in [0.3, 0.4) is 0 Å². The van der Waals surface area contributed by atoms with E-state index in [-0.39, 0.29) is 11.9 Å². The van der Waals surface area contributed by atoms with Crippen LogP contribution in [0.1, 0.15) is 37.7 Å². The van der Waals surface area contributed by atoms with Gasteiger partial charge in [-0.3, -0.25) is 4.90 Å². The van der Waals surface area contributed by atoms with Crippen LogP contribution in [0.4, 0.5) is 15.8 Å². The van der Waals surface area contributed by atoms with Gasteiger partial charge in [0, 0.05) is 52.5 Å². The van der Waals surface area contributed by atoms with Gasteiger partial charge in [0.25, 0.3) is 0 Å². The van der Waals surface area contributed by atoms with Crippen molar-refractivity contribution in [3.05, 3.63) is 65.7 Å². The van der Waals surface area contributed by atoms with Gasteiger partial charge in [0.15, 0.2) is 5.82 Å². The molecule has 0 aliphatic carbocycles. The zero-order valence-electron chi connectivity index (χ0n) is 20.0. The van der Waals surface area contributed by atoms with E-state index in [1.807, 2.05) is 30.9 Å². The van der Waals surface area contributed by atoms with E-state index in [9.17, 15) is 4.39 Å². The Labute approximate surface area is 195 Å². The number of benzene rings is 2. The number of hydrogen-bond donors (Lipinski definition) is 0. The Balaban J connectivity index is 1.60. The van der Waals surface area contributed by atoms with Gasteiger partial charge in [-0.1, -0.05) is 38.1 Å². The summed E-state index contributed by atoms with van der Waals surface area (Å²) in [6.07, 6.45) is 1.02. The van der Waals surface area contributed by atoms with E-state index in [0.717, 1.165) is 50.7 Å². The molecule has 4 rings (SSSR count). The molecule has 0 radical (unpaired) electrons. The van der Waals surface area contributed by atoms with Crippen molar-refractivity contribution in [1.82, 2.24) is 25.1 Å². The highest BCUT2D eigenvalue weighted by atomic mass is 19.1. The van der Waals surface area contributed by atoms with Crippen molar-refractivity contribution in [2.45, 2.75) is 32.9 Å². The highest BCUT2D eigenvalue weighted by molar-refractivity contribution is 5.49. The van der Waals surface area contributed by atoms with Crippen LogP contribution in [-0.4, -0.2) is 65.4 Å². The number of nitrogens with zero attached hydrogens (tertiary/aromatic N) is 7. The third-order valence-electron chi connectivity index (χ3n) is 6.32. The average molecular weight is 452 g/mol. The fraction of sp³-hybridized carbons (Fsp3) is 0.480. The Bertz CT molecular complexity index is 1020. The molecule has 2 heterocycles. The minimum Gasteiger partial charge on any atom is -0.378 e. The summed E-state index contributed by atoms with van der Waals surface area (Å²) in [5.41, 5.74) is 2.99. The first kappa shape index (κ1) is 23.2. The van der Waals surface area contributed by atoms with Crippen LogP contribution in [-0.2, 0) is 6.54 Å². The molecule has 1 aliphatic heterocycles. The Morgan fingerprint density at radius 1 is 0.970 bits per heavy atom. The topological polar surface area (TPSA) is 53.3 Å². The number of anilines is 2. The molecule has 0 amide bonds.